The van der Waals surface area contributed by atoms with Crippen molar-refractivity contribution in [3.05, 3.63) is 119 Å². The van der Waals surface area contributed by atoms with Crippen molar-refractivity contribution in [2.45, 2.75) is 13.8 Å². The summed E-state index contributed by atoms with van der Waals surface area (Å²) in [6, 6.07) is 19.1. The fourth-order valence-electron chi connectivity index (χ4n) is 4.99. The number of ketones is 2. The summed E-state index contributed by atoms with van der Waals surface area (Å²) in [5, 5.41) is 27.6. The third-order valence-corrected chi connectivity index (χ3v) is 7.41. The summed E-state index contributed by atoms with van der Waals surface area (Å²) < 4.78 is 21.3. The largest absolute Gasteiger partial charge is 0.507 e. The number of hydrogen-bond donors (Lipinski definition) is 4. The molecule has 0 aromatic heterocycles. The summed E-state index contributed by atoms with van der Waals surface area (Å²) in [5.74, 6) is -2.19. The molecule has 12 heteroatoms. The molecule has 5 rings (SSSR count). The number of nitrogens with one attached hydrogen (secondary N) is 2. The third kappa shape index (κ3) is 7.76. The second kappa shape index (κ2) is 15.1. The van der Waals surface area contributed by atoms with Crippen LogP contribution in [0.5, 0.6) is 23.0 Å². The molecule has 256 valence electrons. The number of hydrogen-bond acceptors (Lipinski definition) is 12. The molecule has 0 fully saturated rings. The van der Waals surface area contributed by atoms with E-state index in [1.165, 1.54) is 0 Å². The fourth-order valence-corrected chi connectivity index (χ4v) is 4.99. The number of carbonyl (C=O) groups excluding carboxylic acids is 4. The minimum atomic E-state index is -0.658. The summed E-state index contributed by atoms with van der Waals surface area (Å²) in [6.07, 6.45) is 0. The smallest absolute Gasteiger partial charge is 0.333 e. The Balaban J connectivity index is 1.37. The molecular formula is C38H34N2O10. The van der Waals surface area contributed by atoms with Gasteiger partial charge in [0.1, 0.15) is 49.4 Å². The maximum absolute atomic E-state index is 14.0. The van der Waals surface area contributed by atoms with Crippen LogP contribution >= 0.6 is 0 Å². The van der Waals surface area contributed by atoms with Gasteiger partial charge in [-0.05, 0) is 86.6 Å². The summed E-state index contributed by atoms with van der Waals surface area (Å²) in [4.78, 5) is 51.0. The van der Waals surface area contributed by atoms with Gasteiger partial charge in [0.05, 0.1) is 33.6 Å². The van der Waals surface area contributed by atoms with E-state index in [4.69, 9.17) is 18.9 Å². The van der Waals surface area contributed by atoms with Crippen LogP contribution in [0, 0.1) is 0 Å². The summed E-state index contributed by atoms with van der Waals surface area (Å²) in [7, 11) is 0. The first-order valence-electron chi connectivity index (χ1n) is 15.4. The van der Waals surface area contributed by atoms with Crippen molar-refractivity contribution in [3.8, 4) is 23.0 Å². The molecule has 50 heavy (non-hydrogen) atoms. The van der Waals surface area contributed by atoms with E-state index in [2.05, 4.69) is 23.8 Å². The molecule has 4 N–H and O–H groups in total. The van der Waals surface area contributed by atoms with Crippen LogP contribution in [-0.2, 0) is 19.1 Å². The molecule has 0 saturated carbocycles. The maximum Gasteiger partial charge on any atom is 0.333 e. The number of esters is 2. The first-order valence-corrected chi connectivity index (χ1v) is 15.4. The summed E-state index contributed by atoms with van der Waals surface area (Å²) in [6.45, 7) is 10.5. The predicted octanol–water partition coefficient (Wildman–Crippen LogP) is 6.36. The molecule has 0 radical (unpaired) electrons. The number of aromatic hydroxyl groups is 2. The summed E-state index contributed by atoms with van der Waals surface area (Å²) in [5.41, 5.74) is 1.68. The van der Waals surface area contributed by atoms with Crippen molar-refractivity contribution in [2.24, 2.45) is 0 Å². The fraction of sp³-hybridized carbons (Fsp3) is 0.158. The van der Waals surface area contributed by atoms with E-state index in [0.717, 1.165) is 12.1 Å². The van der Waals surface area contributed by atoms with Crippen molar-refractivity contribution in [2.75, 3.05) is 37.1 Å². The molecule has 0 aliphatic heterocycles. The van der Waals surface area contributed by atoms with Crippen molar-refractivity contribution >= 4 is 46.3 Å². The monoisotopic (exact) mass is 678 g/mol. The Labute approximate surface area is 287 Å². The molecule has 12 nitrogen and oxygen atoms in total. The van der Waals surface area contributed by atoms with Crippen LogP contribution in [0.4, 0.5) is 22.7 Å². The van der Waals surface area contributed by atoms with Gasteiger partial charge in [0.2, 0.25) is 11.6 Å². The van der Waals surface area contributed by atoms with E-state index in [0.29, 0.717) is 34.0 Å². The number of phenolic OH excluding ortho intramolecular Hbond substituents is 2. The van der Waals surface area contributed by atoms with Crippen molar-refractivity contribution in [1.29, 1.82) is 0 Å². The maximum atomic E-state index is 14.0. The number of fused-ring (bicyclic) bond motifs is 2. The number of anilines is 4. The Hall–Kier alpha value is -6.56. The van der Waals surface area contributed by atoms with E-state index >= 15 is 0 Å². The number of ether oxygens (including phenoxy) is 4. The highest BCUT2D eigenvalue weighted by atomic mass is 16.6. The quantitative estimate of drug-likeness (QED) is 0.0445. The number of phenols is 2. The molecule has 1 aliphatic rings. The third-order valence-electron chi connectivity index (χ3n) is 7.41. The molecule has 0 saturated heterocycles. The number of benzene rings is 4. The van der Waals surface area contributed by atoms with Crippen LogP contribution in [-0.4, -0.2) is 60.1 Å². The van der Waals surface area contributed by atoms with E-state index in [9.17, 15) is 29.4 Å². The van der Waals surface area contributed by atoms with Crippen molar-refractivity contribution in [3.63, 3.8) is 0 Å². The van der Waals surface area contributed by atoms with Gasteiger partial charge in [-0.15, -0.1) is 0 Å². The Kier molecular flexibility index (Phi) is 10.5. The molecule has 0 amide bonds. The Morgan fingerprint density at radius 1 is 0.560 bits per heavy atom. The zero-order valence-electron chi connectivity index (χ0n) is 27.3. The van der Waals surface area contributed by atoms with Gasteiger partial charge in [0.25, 0.3) is 0 Å². The normalized spacial score (nSPS) is 11.5. The Morgan fingerprint density at radius 3 is 1.26 bits per heavy atom. The van der Waals surface area contributed by atoms with Gasteiger partial charge < -0.3 is 39.8 Å². The molecule has 4 aromatic carbocycles. The molecule has 4 aromatic rings. The molecule has 0 heterocycles. The Morgan fingerprint density at radius 2 is 0.920 bits per heavy atom. The van der Waals surface area contributed by atoms with Gasteiger partial charge in [-0.2, -0.15) is 0 Å². The first kappa shape index (κ1) is 34.8. The zero-order chi connectivity index (χ0) is 35.9. The van der Waals surface area contributed by atoms with E-state index in [1.54, 1.807) is 74.5 Å². The molecule has 0 bridgehead atoms. The van der Waals surface area contributed by atoms with Crippen LogP contribution in [0.3, 0.4) is 0 Å². The second-order valence-corrected chi connectivity index (χ2v) is 11.3. The van der Waals surface area contributed by atoms with Crippen LogP contribution < -0.4 is 20.1 Å². The average Bonchev–Trinajstić information content (AvgIpc) is 3.10. The molecule has 1 aliphatic carbocycles. The van der Waals surface area contributed by atoms with E-state index in [1.807, 2.05) is 0 Å². The van der Waals surface area contributed by atoms with Crippen molar-refractivity contribution in [1.82, 2.24) is 0 Å². The van der Waals surface area contributed by atoms with Crippen LogP contribution in [0.15, 0.2) is 97.1 Å². The van der Waals surface area contributed by atoms with Crippen LogP contribution in [0.25, 0.3) is 0 Å². The lowest BCUT2D eigenvalue weighted by Crippen LogP contribution is -2.24. The molecule has 0 unspecified atom stereocenters. The number of rotatable bonds is 14. The molecule has 0 spiro atoms. The molecule has 0 atom stereocenters. The van der Waals surface area contributed by atoms with Gasteiger partial charge in [0, 0.05) is 22.5 Å². The van der Waals surface area contributed by atoms with Crippen molar-refractivity contribution < 1.29 is 48.3 Å². The standard InChI is InChI=1S/C38H34N2O10/c1-21(2)37(45)49-19-17-47-25-9-5-23(6-10-25)39-27-13-14-28(32-31(27)35(43)33-29(41)15-16-30(42)34(33)36(32)44)40-24-7-11-26(12-8-24)48-18-20-50-38(46)22(3)4/h5-16,39-42H,1,3,17-20H2,2,4H3. The lowest BCUT2D eigenvalue weighted by Gasteiger charge is -2.25. The highest BCUT2D eigenvalue weighted by Crippen LogP contribution is 2.43. The first-order chi connectivity index (χ1) is 23.9. The van der Waals surface area contributed by atoms with Gasteiger partial charge >= 0.3 is 11.9 Å². The van der Waals surface area contributed by atoms with E-state index in [-0.39, 0.29) is 60.1 Å². The zero-order valence-corrected chi connectivity index (χ0v) is 27.3. The predicted molar refractivity (Wildman–Crippen MR) is 185 cm³/mol. The topological polar surface area (TPSA) is 170 Å². The minimum Gasteiger partial charge on any atom is -0.507 e. The Bertz CT molecular complexity index is 1860. The van der Waals surface area contributed by atoms with Gasteiger partial charge in [0.15, 0.2) is 0 Å². The molecular weight excluding hydrogens is 644 g/mol. The van der Waals surface area contributed by atoms with Crippen LogP contribution in [0.2, 0.25) is 0 Å². The van der Waals surface area contributed by atoms with Gasteiger partial charge in [-0.1, -0.05) is 13.2 Å². The number of carbonyl (C=O) groups is 4. The van der Waals surface area contributed by atoms with Gasteiger partial charge in [-0.3, -0.25) is 9.59 Å². The lowest BCUT2D eigenvalue weighted by molar-refractivity contribution is -0.140. The SMILES string of the molecule is C=C(C)C(=O)OCCOc1ccc(Nc2ccc(Nc3ccc(OCCOC(=O)C(=C)C)cc3)c3c2C(=O)c2c(O)ccc(O)c2C3=O)cc1. The van der Waals surface area contributed by atoms with Gasteiger partial charge in [-0.25, -0.2) is 9.59 Å². The highest BCUT2D eigenvalue weighted by molar-refractivity contribution is 6.33. The average molecular weight is 679 g/mol. The second-order valence-electron chi connectivity index (χ2n) is 11.3. The summed E-state index contributed by atoms with van der Waals surface area (Å²) >= 11 is 0. The highest BCUT2D eigenvalue weighted by Gasteiger charge is 2.38. The van der Waals surface area contributed by atoms with E-state index < -0.39 is 35.0 Å². The lowest BCUT2D eigenvalue weighted by atomic mass is 9.81. The van der Waals surface area contributed by atoms with Crippen LogP contribution in [0.1, 0.15) is 45.7 Å². The minimum absolute atomic E-state index is 0.00249.